The number of rotatable bonds is 4. The monoisotopic (exact) mass is 214 g/mol. The first kappa shape index (κ1) is 12.4. The standard InChI is InChI=1S/C10H22N4O/c1-10(2,8-15)14-5-3-13(4-6-14)7-9(11)12/h15H,3-8H2,1-2H3,(H3,11,12). The molecule has 0 amide bonds. The van der Waals surface area contributed by atoms with E-state index in [9.17, 15) is 5.11 Å². The smallest absolute Gasteiger partial charge is 0.105 e. The van der Waals surface area contributed by atoms with Crippen molar-refractivity contribution < 1.29 is 5.11 Å². The van der Waals surface area contributed by atoms with Crippen LogP contribution in [0.2, 0.25) is 0 Å². The fourth-order valence-electron chi connectivity index (χ4n) is 1.85. The van der Waals surface area contributed by atoms with E-state index in [1.807, 2.05) is 13.8 Å². The highest BCUT2D eigenvalue weighted by Gasteiger charge is 2.29. The van der Waals surface area contributed by atoms with Crippen LogP contribution in [0.4, 0.5) is 0 Å². The van der Waals surface area contributed by atoms with Gasteiger partial charge in [0.25, 0.3) is 0 Å². The van der Waals surface area contributed by atoms with Gasteiger partial charge in [0.15, 0.2) is 0 Å². The Balaban J connectivity index is 2.39. The third-order valence-corrected chi connectivity index (χ3v) is 3.01. The van der Waals surface area contributed by atoms with Crippen LogP contribution in [-0.2, 0) is 0 Å². The van der Waals surface area contributed by atoms with Crippen LogP contribution < -0.4 is 5.73 Å². The van der Waals surface area contributed by atoms with Crippen LogP contribution in [0.25, 0.3) is 0 Å². The molecule has 0 aromatic rings. The second kappa shape index (κ2) is 4.92. The molecule has 0 radical (unpaired) electrons. The second-order valence-corrected chi connectivity index (χ2v) is 4.76. The van der Waals surface area contributed by atoms with Crippen molar-refractivity contribution >= 4 is 5.84 Å². The lowest BCUT2D eigenvalue weighted by atomic mass is 10.0. The number of hydrogen-bond acceptors (Lipinski definition) is 4. The molecule has 5 heteroatoms. The molecule has 1 rings (SSSR count). The van der Waals surface area contributed by atoms with Crippen molar-refractivity contribution in [3.8, 4) is 0 Å². The first-order valence-corrected chi connectivity index (χ1v) is 5.37. The fourth-order valence-corrected chi connectivity index (χ4v) is 1.85. The van der Waals surface area contributed by atoms with Gasteiger partial charge in [-0.3, -0.25) is 15.2 Å². The Morgan fingerprint density at radius 1 is 1.33 bits per heavy atom. The van der Waals surface area contributed by atoms with Gasteiger partial charge >= 0.3 is 0 Å². The Kier molecular flexibility index (Phi) is 4.07. The van der Waals surface area contributed by atoms with Crippen LogP contribution in [0, 0.1) is 5.41 Å². The molecule has 15 heavy (non-hydrogen) atoms. The molecule has 0 saturated carbocycles. The summed E-state index contributed by atoms with van der Waals surface area (Å²) in [6.45, 7) is 8.54. The maximum absolute atomic E-state index is 9.25. The highest BCUT2D eigenvalue weighted by atomic mass is 16.3. The van der Waals surface area contributed by atoms with E-state index in [4.69, 9.17) is 11.1 Å². The van der Waals surface area contributed by atoms with E-state index in [0.29, 0.717) is 6.54 Å². The largest absolute Gasteiger partial charge is 0.394 e. The van der Waals surface area contributed by atoms with Gasteiger partial charge < -0.3 is 10.8 Å². The minimum Gasteiger partial charge on any atom is -0.394 e. The molecule has 4 N–H and O–H groups in total. The van der Waals surface area contributed by atoms with E-state index in [-0.39, 0.29) is 18.0 Å². The minimum atomic E-state index is -0.137. The molecule has 1 aliphatic heterocycles. The zero-order valence-electron chi connectivity index (χ0n) is 9.66. The molecule has 5 nitrogen and oxygen atoms in total. The van der Waals surface area contributed by atoms with Crippen molar-refractivity contribution in [1.82, 2.24) is 9.80 Å². The van der Waals surface area contributed by atoms with Crippen LogP contribution in [0.1, 0.15) is 13.8 Å². The molecular formula is C10H22N4O. The summed E-state index contributed by atoms with van der Waals surface area (Å²) in [6.07, 6.45) is 0. The molecule has 0 aromatic carbocycles. The predicted molar refractivity (Wildman–Crippen MR) is 61.1 cm³/mol. The highest BCUT2D eigenvalue weighted by Crippen LogP contribution is 2.15. The lowest BCUT2D eigenvalue weighted by molar-refractivity contribution is 0.0204. The topological polar surface area (TPSA) is 76.6 Å². The molecule has 88 valence electrons. The summed E-state index contributed by atoms with van der Waals surface area (Å²) in [5.41, 5.74) is 5.22. The Morgan fingerprint density at radius 3 is 2.27 bits per heavy atom. The highest BCUT2D eigenvalue weighted by molar-refractivity contribution is 5.78. The minimum absolute atomic E-state index is 0.137. The summed E-state index contributed by atoms with van der Waals surface area (Å²) in [5.74, 6) is 0.227. The number of hydrogen-bond donors (Lipinski definition) is 3. The molecule has 1 fully saturated rings. The maximum Gasteiger partial charge on any atom is 0.105 e. The van der Waals surface area contributed by atoms with Crippen molar-refractivity contribution in [2.24, 2.45) is 5.73 Å². The molecule has 1 heterocycles. The molecule has 0 spiro atoms. The molecule has 0 unspecified atom stereocenters. The first-order chi connectivity index (χ1) is 6.95. The van der Waals surface area contributed by atoms with Gasteiger partial charge in [-0.2, -0.15) is 0 Å². The van der Waals surface area contributed by atoms with Crippen LogP contribution in [-0.4, -0.2) is 65.6 Å². The molecule has 0 bridgehead atoms. The summed E-state index contributed by atoms with van der Waals surface area (Å²) in [4.78, 5) is 4.45. The first-order valence-electron chi connectivity index (χ1n) is 5.37. The Hall–Kier alpha value is -0.650. The van der Waals surface area contributed by atoms with E-state index < -0.39 is 0 Å². The Morgan fingerprint density at radius 2 is 1.87 bits per heavy atom. The second-order valence-electron chi connectivity index (χ2n) is 4.76. The number of nitrogens with one attached hydrogen (secondary N) is 1. The summed E-state index contributed by atoms with van der Waals surface area (Å²) in [7, 11) is 0. The fraction of sp³-hybridized carbons (Fsp3) is 0.900. The van der Waals surface area contributed by atoms with Gasteiger partial charge in [0, 0.05) is 31.7 Å². The average molecular weight is 214 g/mol. The van der Waals surface area contributed by atoms with E-state index in [2.05, 4.69) is 9.80 Å². The molecular weight excluding hydrogens is 192 g/mol. The third kappa shape index (κ3) is 3.44. The summed E-state index contributed by atoms with van der Waals surface area (Å²) in [6, 6.07) is 0. The summed E-state index contributed by atoms with van der Waals surface area (Å²) >= 11 is 0. The molecule has 1 aliphatic rings. The van der Waals surface area contributed by atoms with Gasteiger partial charge in [-0.1, -0.05) is 0 Å². The number of nitrogens with two attached hydrogens (primary N) is 1. The number of aliphatic hydroxyl groups excluding tert-OH is 1. The van der Waals surface area contributed by atoms with Gasteiger partial charge in [0.2, 0.25) is 0 Å². The lowest BCUT2D eigenvalue weighted by Crippen LogP contribution is -2.56. The zero-order valence-corrected chi connectivity index (χ0v) is 9.66. The van der Waals surface area contributed by atoms with E-state index in [1.54, 1.807) is 0 Å². The van der Waals surface area contributed by atoms with Crippen LogP contribution in [0.3, 0.4) is 0 Å². The van der Waals surface area contributed by atoms with Crippen LogP contribution in [0.5, 0.6) is 0 Å². The quantitative estimate of drug-likeness (QED) is 0.428. The van der Waals surface area contributed by atoms with Crippen molar-refractivity contribution in [2.45, 2.75) is 19.4 Å². The zero-order chi connectivity index (χ0) is 11.5. The summed E-state index contributed by atoms with van der Waals surface area (Å²) in [5, 5.41) is 16.5. The maximum atomic E-state index is 9.25. The Bertz CT molecular complexity index is 221. The van der Waals surface area contributed by atoms with Crippen molar-refractivity contribution in [3.63, 3.8) is 0 Å². The predicted octanol–water partition coefficient (Wildman–Crippen LogP) is -0.689. The summed E-state index contributed by atoms with van der Waals surface area (Å²) < 4.78 is 0. The van der Waals surface area contributed by atoms with Crippen molar-refractivity contribution in [3.05, 3.63) is 0 Å². The van der Waals surface area contributed by atoms with Crippen LogP contribution in [0.15, 0.2) is 0 Å². The number of aliphatic hydroxyl groups is 1. The number of nitrogens with zero attached hydrogens (tertiary/aromatic N) is 2. The Labute approximate surface area is 91.4 Å². The molecule has 0 aromatic heterocycles. The van der Waals surface area contributed by atoms with E-state index >= 15 is 0 Å². The van der Waals surface area contributed by atoms with Gasteiger partial charge in [-0.15, -0.1) is 0 Å². The lowest BCUT2D eigenvalue weighted by Gasteiger charge is -2.43. The average Bonchev–Trinajstić information content (AvgIpc) is 2.18. The molecule has 1 saturated heterocycles. The van der Waals surface area contributed by atoms with Gasteiger partial charge in [-0.05, 0) is 13.8 Å². The molecule has 0 aliphatic carbocycles. The molecule has 0 atom stereocenters. The van der Waals surface area contributed by atoms with E-state index in [0.717, 1.165) is 26.2 Å². The number of piperazine rings is 1. The van der Waals surface area contributed by atoms with E-state index in [1.165, 1.54) is 0 Å². The van der Waals surface area contributed by atoms with Gasteiger partial charge in [0.1, 0.15) is 5.84 Å². The van der Waals surface area contributed by atoms with Crippen molar-refractivity contribution in [2.75, 3.05) is 39.3 Å². The normalized spacial score (nSPS) is 20.5. The SMILES string of the molecule is CC(C)(CO)N1CCN(CC(=N)N)CC1. The van der Waals surface area contributed by atoms with Crippen molar-refractivity contribution in [1.29, 1.82) is 5.41 Å². The van der Waals surface area contributed by atoms with Gasteiger partial charge in [0.05, 0.1) is 13.2 Å². The number of amidine groups is 1. The third-order valence-electron chi connectivity index (χ3n) is 3.01. The van der Waals surface area contributed by atoms with Crippen LogP contribution >= 0.6 is 0 Å². The van der Waals surface area contributed by atoms with Gasteiger partial charge in [-0.25, -0.2) is 0 Å².